The van der Waals surface area contributed by atoms with Gasteiger partial charge < -0.3 is 25.6 Å². The Morgan fingerprint density at radius 1 is 1.26 bits per heavy atom. The van der Waals surface area contributed by atoms with Crippen LogP contribution in [0, 0.1) is 13.8 Å². The van der Waals surface area contributed by atoms with E-state index in [-0.39, 0.29) is 38.7 Å². The highest BCUT2D eigenvalue weighted by atomic mass is 32.1. The van der Waals surface area contributed by atoms with Crippen LogP contribution in [0.25, 0.3) is 0 Å². The second kappa shape index (κ2) is 10.8. The number of nitrogens with one attached hydrogen (secondary N) is 1. The number of aromatic nitrogens is 3. The first kappa shape index (κ1) is 22.8. The molecule has 8 nitrogen and oxygen atoms in total. The molecule has 4 N–H and O–H groups in total. The molecule has 2 aromatic heterocycles. The van der Waals surface area contributed by atoms with Gasteiger partial charge in [-0.25, -0.2) is 4.98 Å². The van der Waals surface area contributed by atoms with Gasteiger partial charge in [0.25, 0.3) is 0 Å². The fourth-order valence-corrected chi connectivity index (χ4v) is 2.71. The van der Waals surface area contributed by atoms with Crippen LogP contribution in [-0.2, 0) is 6.61 Å². The fraction of sp³-hybridized carbons (Fsp3) is 0.500. The van der Waals surface area contributed by atoms with E-state index < -0.39 is 0 Å². The lowest BCUT2D eigenvalue weighted by atomic mass is 10.1. The minimum atomic E-state index is -0.129. The number of nitrogen functional groups attached to an aromatic ring is 1. The smallest absolute Gasteiger partial charge is 0.222 e. The van der Waals surface area contributed by atoms with Crippen molar-refractivity contribution in [1.82, 2.24) is 15.0 Å². The molecule has 150 valence electrons. The van der Waals surface area contributed by atoms with Crippen molar-refractivity contribution in [2.75, 3.05) is 24.8 Å². The molecule has 9 heteroatoms. The van der Waals surface area contributed by atoms with E-state index in [0.717, 1.165) is 35.4 Å². The van der Waals surface area contributed by atoms with Gasteiger partial charge in [0.15, 0.2) is 11.6 Å². The lowest BCUT2D eigenvalue weighted by molar-refractivity contribution is 0.266. The first-order valence-corrected chi connectivity index (χ1v) is 8.61. The highest BCUT2D eigenvalue weighted by molar-refractivity contribution is 7.59. The lowest BCUT2D eigenvalue weighted by Gasteiger charge is -2.19. The average Bonchev–Trinajstić information content (AvgIpc) is 2.62. The molecule has 0 fully saturated rings. The van der Waals surface area contributed by atoms with Crippen molar-refractivity contribution in [3.05, 3.63) is 29.2 Å². The first-order chi connectivity index (χ1) is 12.5. The van der Waals surface area contributed by atoms with Gasteiger partial charge in [0.2, 0.25) is 5.95 Å². The maximum Gasteiger partial charge on any atom is 0.222 e. The van der Waals surface area contributed by atoms with Gasteiger partial charge in [-0.1, -0.05) is 13.3 Å². The van der Waals surface area contributed by atoms with Gasteiger partial charge in [-0.3, -0.25) is 4.98 Å². The molecule has 27 heavy (non-hydrogen) atoms. The molecule has 1 atom stereocenters. The molecule has 2 heterocycles. The summed E-state index contributed by atoms with van der Waals surface area (Å²) in [5.74, 6) is 1.85. The van der Waals surface area contributed by atoms with E-state index in [2.05, 4.69) is 27.2 Å². The minimum Gasteiger partial charge on any atom is -0.496 e. The third kappa shape index (κ3) is 5.86. The summed E-state index contributed by atoms with van der Waals surface area (Å²) in [5.41, 5.74) is 8.36. The van der Waals surface area contributed by atoms with Crippen LogP contribution in [-0.4, -0.2) is 39.8 Å². The lowest BCUT2D eigenvalue weighted by Crippen LogP contribution is -2.24. The summed E-state index contributed by atoms with van der Waals surface area (Å²) in [7, 11) is 1.64. The summed E-state index contributed by atoms with van der Waals surface area (Å²) in [6.07, 6.45) is 5.01. The highest BCUT2D eigenvalue weighted by Crippen LogP contribution is 2.27. The minimum absolute atomic E-state index is 0. The van der Waals surface area contributed by atoms with Crippen LogP contribution >= 0.6 is 13.5 Å². The Hall–Kier alpha value is -2.26. The van der Waals surface area contributed by atoms with Gasteiger partial charge >= 0.3 is 0 Å². The second-order valence-electron chi connectivity index (χ2n) is 6.09. The van der Waals surface area contributed by atoms with E-state index in [1.165, 1.54) is 6.20 Å². The molecule has 0 aliphatic rings. The zero-order valence-corrected chi connectivity index (χ0v) is 17.2. The van der Waals surface area contributed by atoms with Gasteiger partial charge in [0, 0.05) is 17.3 Å². The van der Waals surface area contributed by atoms with Crippen molar-refractivity contribution in [2.24, 2.45) is 0 Å². The molecular formula is C18H29N5O3S. The van der Waals surface area contributed by atoms with Crippen LogP contribution in [0.5, 0.6) is 11.5 Å². The summed E-state index contributed by atoms with van der Waals surface area (Å²) in [6, 6.07) is -0.129. The molecule has 0 radical (unpaired) electrons. The van der Waals surface area contributed by atoms with E-state index >= 15 is 0 Å². The topological polar surface area (TPSA) is 115 Å². The van der Waals surface area contributed by atoms with E-state index in [4.69, 9.17) is 15.2 Å². The molecule has 0 spiro atoms. The van der Waals surface area contributed by atoms with Crippen molar-refractivity contribution in [2.45, 2.75) is 46.3 Å². The summed E-state index contributed by atoms with van der Waals surface area (Å²) >= 11 is 0. The average molecular weight is 396 g/mol. The monoisotopic (exact) mass is 395 g/mol. The maximum absolute atomic E-state index is 9.50. The SMILES string of the molecule is CCC[C@@H](CO)Nc1nc(N)ncc1OCc1ncc(C)c(OC)c1C.S. The number of methoxy groups -OCH3 is 1. The van der Waals surface area contributed by atoms with E-state index in [0.29, 0.717) is 11.6 Å². The number of hydrogen-bond acceptors (Lipinski definition) is 8. The number of rotatable bonds is 9. The van der Waals surface area contributed by atoms with E-state index in [1.807, 2.05) is 13.8 Å². The maximum atomic E-state index is 9.50. The van der Waals surface area contributed by atoms with Crippen molar-refractivity contribution in [3.8, 4) is 11.5 Å². The number of aryl methyl sites for hydroxylation is 1. The zero-order valence-electron chi connectivity index (χ0n) is 16.2. The molecular weight excluding hydrogens is 366 g/mol. The third-order valence-electron chi connectivity index (χ3n) is 4.09. The van der Waals surface area contributed by atoms with Crippen LogP contribution in [0.3, 0.4) is 0 Å². The molecule has 0 saturated heterocycles. The summed E-state index contributed by atoms with van der Waals surface area (Å²) in [6.45, 7) is 6.17. The van der Waals surface area contributed by atoms with E-state index in [1.54, 1.807) is 13.3 Å². The van der Waals surface area contributed by atoms with Crippen LogP contribution < -0.4 is 20.5 Å². The Labute approximate surface area is 167 Å². The van der Waals surface area contributed by atoms with Crippen molar-refractivity contribution < 1.29 is 14.6 Å². The largest absolute Gasteiger partial charge is 0.496 e. The molecule has 2 aromatic rings. The second-order valence-corrected chi connectivity index (χ2v) is 6.09. The molecule has 0 aromatic carbocycles. The number of pyridine rings is 1. The number of aliphatic hydroxyl groups excluding tert-OH is 1. The van der Waals surface area contributed by atoms with Gasteiger partial charge in [-0.05, 0) is 20.3 Å². The zero-order chi connectivity index (χ0) is 19.1. The summed E-state index contributed by atoms with van der Waals surface area (Å²) in [4.78, 5) is 12.6. The molecule has 0 bridgehead atoms. The number of hydrogen-bond donors (Lipinski definition) is 3. The first-order valence-electron chi connectivity index (χ1n) is 8.61. The standard InChI is InChI=1S/C18H27N5O3.H2S/c1-5-6-13(9-24)22-17-15(8-21-18(19)23-17)26-10-14-12(3)16(25-4)11(2)7-20-14;/h7-8,13,24H,5-6,9-10H2,1-4H3,(H3,19,21,22,23);1H2/t13-;/m0./s1. The highest BCUT2D eigenvalue weighted by Gasteiger charge is 2.15. The number of nitrogens with two attached hydrogens (primary N) is 1. The fourth-order valence-electron chi connectivity index (χ4n) is 2.71. The molecule has 0 aliphatic carbocycles. The number of nitrogens with zero attached hydrogens (tertiary/aromatic N) is 3. The molecule has 0 unspecified atom stereocenters. The van der Waals surface area contributed by atoms with Crippen molar-refractivity contribution in [1.29, 1.82) is 0 Å². The third-order valence-corrected chi connectivity index (χ3v) is 4.09. The van der Waals surface area contributed by atoms with Crippen LogP contribution in [0.1, 0.15) is 36.6 Å². The molecule has 0 saturated carbocycles. The van der Waals surface area contributed by atoms with Crippen LogP contribution in [0.15, 0.2) is 12.4 Å². The Morgan fingerprint density at radius 3 is 2.63 bits per heavy atom. The molecule has 0 aliphatic heterocycles. The van der Waals surface area contributed by atoms with Crippen molar-refractivity contribution >= 4 is 25.3 Å². The van der Waals surface area contributed by atoms with Gasteiger partial charge in [-0.15, -0.1) is 0 Å². The summed E-state index contributed by atoms with van der Waals surface area (Å²) < 4.78 is 11.3. The predicted molar refractivity (Wildman–Crippen MR) is 111 cm³/mol. The molecule has 2 rings (SSSR count). The number of anilines is 2. The van der Waals surface area contributed by atoms with Gasteiger partial charge in [-0.2, -0.15) is 18.5 Å². The Kier molecular flexibility index (Phi) is 9.10. The Bertz CT molecular complexity index is 745. The predicted octanol–water partition coefficient (Wildman–Crippen LogP) is 2.34. The normalized spacial score (nSPS) is 11.4. The molecule has 0 amide bonds. The van der Waals surface area contributed by atoms with Crippen LogP contribution in [0.4, 0.5) is 11.8 Å². The number of aliphatic hydroxyl groups is 1. The quantitative estimate of drug-likeness (QED) is 0.592. The number of ether oxygens (including phenoxy) is 2. The van der Waals surface area contributed by atoms with Gasteiger partial charge in [0.05, 0.1) is 31.6 Å². The Morgan fingerprint density at radius 2 is 2.00 bits per heavy atom. The van der Waals surface area contributed by atoms with Crippen LogP contribution in [0.2, 0.25) is 0 Å². The Balaban J connectivity index is 0.00000364. The van der Waals surface area contributed by atoms with Gasteiger partial charge in [0.1, 0.15) is 12.4 Å². The van der Waals surface area contributed by atoms with Crippen molar-refractivity contribution in [3.63, 3.8) is 0 Å². The summed E-state index contributed by atoms with van der Waals surface area (Å²) in [5, 5.41) is 12.7. The van der Waals surface area contributed by atoms with E-state index in [9.17, 15) is 5.11 Å².